The second-order valence-corrected chi connectivity index (χ2v) is 7.10. The maximum absolute atomic E-state index is 5.80. The zero-order valence-corrected chi connectivity index (χ0v) is 16.4. The summed E-state index contributed by atoms with van der Waals surface area (Å²) in [4.78, 5) is 0. The summed E-state index contributed by atoms with van der Waals surface area (Å²) in [5, 5.41) is 6.83. The van der Waals surface area contributed by atoms with Gasteiger partial charge in [0.2, 0.25) is 0 Å². The summed E-state index contributed by atoms with van der Waals surface area (Å²) < 4.78 is 11.5. The van der Waals surface area contributed by atoms with Gasteiger partial charge in [0.05, 0.1) is 12.7 Å². The van der Waals surface area contributed by atoms with Crippen LogP contribution < -0.4 is 20.1 Å². The van der Waals surface area contributed by atoms with Crippen LogP contribution in [-0.2, 0) is 0 Å². The number of rotatable bonds is 11. The molecule has 2 aromatic carbocycles. The lowest BCUT2D eigenvalue weighted by Crippen LogP contribution is -2.13. The summed E-state index contributed by atoms with van der Waals surface area (Å²) in [6.07, 6.45) is 1.27. The fraction of sp³-hybridized carbons (Fsp3) is 0.455. The molecule has 0 saturated carbocycles. The first-order valence-corrected chi connectivity index (χ1v) is 9.50. The van der Waals surface area contributed by atoms with E-state index in [4.69, 9.17) is 9.47 Å². The highest BCUT2D eigenvalue weighted by Gasteiger charge is 2.00. The van der Waals surface area contributed by atoms with Crippen LogP contribution in [-0.4, -0.2) is 25.8 Å². The molecule has 0 aliphatic carbocycles. The molecule has 0 spiro atoms. The Kier molecular flexibility index (Phi) is 8.13. The molecule has 0 aliphatic rings. The minimum Gasteiger partial charge on any atom is -0.494 e. The molecule has 0 atom stereocenters. The quantitative estimate of drug-likeness (QED) is 0.527. The average Bonchev–Trinajstić information content (AvgIpc) is 2.60. The third kappa shape index (κ3) is 7.68. The largest absolute Gasteiger partial charge is 0.494 e. The first-order valence-electron chi connectivity index (χ1n) is 9.50. The van der Waals surface area contributed by atoms with E-state index >= 15 is 0 Å². The van der Waals surface area contributed by atoms with Crippen LogP contribution in [0.25, 0.3) is 0 Å². The van der Waals surface area contributed by atoms with Crippen molar-refractivity contribution in [1.82, 2.24) is 0 Å². The van der Waals surface area contributed by atoms with Crippen molar-refractivity contribution in [2.75, 3.05) is 30.3 Å². The molecule has 0 bridgehead atoms. The molecular weight excluding hydrogens is 324 g/mol. The lowest BCUT2D eigenvalue weighted by atomic mass is 10.1. The van der Waals surface area contributed by atoms with E-state index in [-0.39, 0.29) is 6.10 Å². The molecule has 26 heavy (non-hydrogen) atoms. The van der Waals surface area contributed by atoms with E-state index in [9.17, 15) is 0 Å². The Balaban J connectivity index is 1.70. The lowest BCUT2D eigenvalue weighted by molar-refractivity contribution is 0.242. The predicted molar refractivity (Wildman–Crippen MR) is 111 cm³/mol. The van der Waals surface area contributed by atoms with Gasteiger partial charge in [-0.05, 0) is 62.6 Å². The van der Waals surface area contributed by atoms with E-state index in [1.54, 1.807) is 0 Å². The SMILES string of the molecule is CC(C)CCOc1cccc(NCCNc2ccc(OC(C)C)cc2)c1. The number of ether oxygens (including phenoxy) is 2. The maximum Gasteiger partial charge on any atom is 0.121 e. The minimum absolute atomic E-state index is 0.197. The summed E-state index contributed by atoms with van der Waals surface area (Å²) in [7, 11) is 0. The Morgan fingerprint density at radius 2 is 1.50 bits per heavy atom. The summed E-state index contributed by atoms with van der Waals surface area (Å²) in [5.41, 5.74) is 2.17. The van der Waals surface area contributed by atoms with Gasteiger partial charge in [0.1, 0.15) is 11.5 Å². The molecule has 2 rings (SSSR count). The van der Waals surface area contributed by atoms with Crippen LogP contribution in [0, 0.1) is 5.92 Å². The van der Waals surface area contributed by atoms with Gasteiger partial charge in [-0.2, -0.15) is 0 Å². The highest BCUT2D eigenvalue weighted by atomic mass is 16.5. The van der Waals surface area contributed by atoms with E-state index in [2.05, 4.69) is 36.6 Å². The van der Waals surface area contributed by atoms with Gasteiger partial charge in [0.25, 0.3) is 0 Å². The van der Waals surface area contributed by atoms with E-state index in [0.717, 1.165) is 49.0 Å². The Morgan fingerprint density at radius 1 is 0.808 bits per heavy atom. The fourth-order valence-electron chi connectivity index (χ4n) is 2.45. The Morgan fingerprint density at radius 3 is 2.15 bits per heavy atom. The van der Waals surface area contributed by atoms with Crippen molar-refractivity contribution in [3.63, 3.8) is 0 Å². The second-order valence-electron chi connectivity index (χ2n) is 7.10. The van der Waals surface area contributed by atoms with Gasteiger partial charge in [0, 0.05) is 30.5 Å². The molecule has 0 heterocycles. The van der Waals surface area contributed by atoms with Gasteiger partial charge in [-0.15, -0.1) is 0 Å². The second kappa shape index (κ2) is 10.6. The van der Waals surface area contributed by atoms with Crippen LogP contribution in [0.2, 0.25) is 0 Å². The zero-order chi connectivity index (χ0) is 18.8. The van der Waals surface area contributed by atoms with Crippen LogP contribution in [0.3, 0.4) is 0 Å². The fourth-order valence-corrected chi connectivity index (χ4v) is 2.45. The maximum atomic E-state index is 5.80. The standard InChI is InChI=1S/C22H32N2O2/c1-17(2)12-15-25-22-7-5-6-20(16-22)24-14-13-23-19-8-10-21(11-9-19)26-18(3)4/h5-11,16-18,23-24H,12-15H2,1-4H3. The molecule has 0 saturated heterocycles. The van der Waals surface area contributed by atoms with Crippen molar-refractivity contribution in [3.05, 3.63) is 48.5 Å². The van der Waals surface area contributed by atoms with Crippen LogP contribution in [0.5, 0.6) is 11.5 Å². The number of hydrogen-bond acceptors (Lipinski definition) is 4. The number of anilines is 2. The predicted octanol–water partition coefficient (Wildman–Crippen LogP) is 5.42. The molecule has 0 aromatic heterocycles. The molecule has 2 aromatic rings. The van der Waals surface area contributed by atoms with Crippen LogP contribution in [0.15, 0.2) is 48.5 Å². The molecule has 4 nitrogen and oxygen atoms in total. The van der Waals surface area contributed by atoms with E-state index < -0.39 is 0 Å². The molecule has 0 unspecified atom stereocenters. The van der Waals surface area contributed by atoms with Crippen molar-refractivity contribution in [2.24, 2.45) is 5.92 Å². The molecule has 0 amide bonds. The molecule has 142 valence electrons. The molecule has 0 fully saturated rings. The monoisotopic (exact) mass is 356 g/mol. The van der Waals surface area contributed by atoms with Gasteiger partial charge < -0.3 is 20.1 Å². The highest BCUT2D eigenvalue weighted by Crippen LogP contribution is 2.18. The Labute approximate surface area is 157 Å². The smallest absolute Gasteiger partial charge is 0.121 e. The summed E-state index contributed by atoms with van der Waals surface area (Å²) in [6.45, 7) is 10.9. The van der Waals surface area contributed by atoms with Gasteiger partial charge in [-0.25, -0.2) is 0 Å². The topological polar surface area (TPSA) is 42.5 Å². The normalized spacial score (nSPS) is 10.8. The Hall–Kier alpha value is -2.36. The van der Waals surface area contributed by atoms with E-state index in [0.29, 0.717) is 5.92 Å². The first kappa shape index (κ1) is 20.0. The van der Waals surface area contributed by atoms with Gasteiger partial charge in [-0.1, -0.05) is 19.9 Å². The summed E-state index contributed by atoms with van der Waals surface area (Å²) in [5.74, 6) is 2.48. The van der Waals surface area contributed by atoms with Crippen molar-refractivity contribution in [1.29, 1.82) is 0 Å². The summed E-state index contributed by atoms with van der Waals surface area (Å²) >= 11 is 0. The van der Waals surface area contributed by atoms with Crippen LogP contribution in [0.1, 0.15) is 34.1 Å². The molecule has 2 N–H and O–H groups in total. The molecular formula is C22H32N2O2. The van der Waals surface area contributed by atoms with Crippen LogP contribution >= 0.6 is 0 Å². The summed E-state index contributed by atoms with van der Waals surface area (Å²) in [6, 6.07) is 16.2. The van der Waals surface area contributed by atoms with Gasteiger partial charge >= 0.3 is 0 Å². The van der Waals surface area contributed by atoms with Crippen molar-refractivity contribution >= 4 is 11.4 Å². The highest BCUT2D eigenvalue weighted by molar-refractivity contribution is 5.49. The molecule has 0 aliphatic heterocycles. The van der Waals surface area contributed by atoms with E-state index in [1.807, 2.05) is 50.2 Å². The minimum atomic E-state index is 0.197. The molecule has 0 radical (unpaired) electrons. The number of benzene rings is 2. The number of nitrogens with one attached hydrogen (secondary N) is 2. The van der Waals surface area contributed by atoms with Crippen molar-refractivity contribution < 1.29 is 9.47 Å². The van der Waals surface area contributed by atoms with Gasteiger partial charge in [-0.3, -0.25) is 0 Å². The third-order valence-corrected chi connectivity index (χ3v) is 3.81. The lowest BCUT2D eigenvalue weighted by Gasteiger charge is -2.12. The Bertz CT molecular complexity index is 639. The van der Waals surface area contributed by atoms with Crippen molar-refractivity contribution in [3.8, 4) is 11.5 Å². The van der Waals surface area contributed by atoms with E-state index in [1.165, 1.54) is 0 Å². The average molecular weight is 357 g/mol. The first-order chi connectivity index (χ1) is 12.5. The zero-order valence-electron chi connectivity index (χ0n) is 16.4. The van der Waals surface area contributed by atoms with Crippen LogP contribution in [0.4, 0.5) is 11.4 Å². The van der Waals surface area contributed by atoms with Gasteiger partial charge in [0.15, 0.2) is 0 Å². The van der Waals surface area contributed by atoms with Crippen molar-refractivity contribution in [2.45, 2.75) is 40.2 Å². The molecule has 4 heteroatoms. The number of hydrogen-bond donors (Lipinski definition) is 2. The third-order valence-electron chi connectivity index (χ3n) is 3.81.